The number of carbonyl (C=O) groups is 4. The molecule has 0 aliphatic rings. The van der Waals surface area contributed by atoms with Crippen molar-refractivity contribution in [2.24, 2.45) is 0 Å². The van der Waals surface area contributed by atoms with Gasteiger partial charge in [-0.05, 0) is 201 Å². The Labute approximate surface area is 654 Å². The van der Waals surface area contributed by atoms with Crippen LogP contribution in [-0.4, -0.2) is 48.0 Å². The summed E-state index contributed by atoms with van der Waals surface area (Å²) in [5, 5.41) is 33.1. The first-order valence-corrected chi connectivity index (χ1v) is 36.7. The normalized spacial score (nSPS) is 11.1. The summed E-state index contributed by atoms with van der Waals surface area (Å²) in [4.78, 5) is 73.0. The number of nitriles is 3. The first kappa shape index (κ1) is 71.0. The van der Waals surface area contributed by atoms with Gasteiger partial charge in [0.05, 0.1) is 79.2 Å². The van der Waals surface area contributed by atoms with Gasteiger partial charge in [-0.1, -0.05) is 182 Å². The van der Waals surface area contributed by atoms with Crippen molar-refractivity contribution in [2.75, 3.05) is 0 Å². The van der Waals surface area contributed by atoms with Crippen LogP contribution in [0.5, 0.6) is 0 Å². The minimum atomic E-state index is -0.546. The van der Waals surface area contributed by atoms with E-state index in [0.29, 0.717) is 116 Å². The second-order valence-corrected chi connectivity index (χ2v) is 27.3. The monoisotopic (exact) mass is 1480 g/mol. The maximum absolute atomic E-state index is 14.2. The van der Waals surface area contributed by atoms with Crippen molar-refractivity contribution in [1.29, 1.82) is 15.8 Å². The number of ether oxygens (including phenoxy) is 4. The van der Waals surface area contributed by atoms with E-state index in [4.69, 9.17) is 33.9 Å². The van der Waals surface area contributed by atoms with Crippen LogP contribution in [0.3, 0.4) is 0 Å². The molecule has 14 aromatic carbocycles. The van der Waals surface area contributed by atoms with E-state index >= 15 is 0 Å². The standard InChI is InChI=1S/C98H62N8O8/c99-55-62-27-29-69(30-28-62)70-31-33-71(34-32-70)92-102-93(80-45-78(72-25-13-23-67(43-72)56-100)47-82(49-80)105-88-39-35-74(95(107)111-58-63-15-5-1-6-16-63)51-84(88)85-52-75(36-40-89(85)105)96(108)112-59-64-17-7-2-8-18-64)104-94(103-92)81-46-79(73-26-14-24-68(44-73)57-101)48-83(50-81)106-90-41-37-76(97(109)113-60-65-19-9-3-10-20-65)53-86(90)87-54-77(38-42-91(87)106)98(110)114-61-66-21-11-4-12-22-66/h1-54H,58-61H2. The number of fused-ring (bicyclic) bond motifs is 6. The fraction of sp³-hybridized carbons (Fsp3) is 0.0408. The van der Waals surface area contributed by atoms with Crippen molar-refractivity contribution in [3.8, 4) is 97.1 Å². The maximum atomic E-state index is 14.2. The van der Waals surface area contributed by atoms with Gasteiger partial charge in [-0.3, -0.25) is 0 Å². The quantitative estimate of drug-likeness (QED) is 0.0511. The van der Waals surface area contributed by atoms with Crippen molar-refractivity contribution < 1.29 is 38.1 Å². The Bertz CT molecular complexity index is 6200. The van der Waals surface area contributed by atoms with E-state index in [2.05, 4.69) is 27.3 Å². The van der Waals surface area contributed by atoms with Crippen molar-refractivity contribution in [3.63, 3.8) is 0 Å². The molecule has 0 bridgehead atoms. The molecule has 114 heavy (non-hydrogen) atoms. The van der Waals surface area contributed by atoms with E-state index in [-0.39, 0.29) is 60.3 Å². The molecule has 0 aliphatic carbocycles. The van der Waals surface area contributed by atoms with Gasteiger partial charge in [0.1, 0.15) is 26.4 Å². The number of aromatic nitrogens is 5. The Morgan fingerprint density at radius 3 is 0.860 bits per heavy atom. The highest BCUT2D eigenvalue weighted by Crippen LogP contribution is 2.41. The van der Waals surface area contributed by atoms with Crippen LogP contribution < -0.4 is 0 Å². The lowest BCUT2D eigenvalue weighted by atomic mass is 9.99. The van der Waals surface area contributed by atoms with Crippen LogP contribution >= 0.6 is 0 Å². The third-order valence-corrected chi connectivity index (χ3v) is 20.0. The van der Waals surface area contributed by atoms with Gasteiger partial charge < -0.3 is 28.1 Å². The largest absolute Gasteiger partial charge is 0.457 e. The topological polar surface area (TPSA) is 225 Å². The van der Waals surface area contributed by atoms with Crippen LogP contribution in [0.15, 0.2) is 328 Å². The third-order valence-electron chi connectivity index (χ3n) is 20.0. The van der Waals surface area contributed by atoms with Crippen LogP contribution in [0.2, 0.25) is 0 Å². The molecule has 3 heterocycles. The summed E-state index contributed by atoms with van der Waals surface area (Å²) in [7, 11) is 0. The Morgan fingerprint density at radius 1 is 0.254 bits per heavy atom. The molecule has 0 fully saturated rings. The lowest BCUT2D eigenvalue weighted by Crippen LogP contribution is -2.05. The summed E-state index contributed by atoms with van der Waals surface area (Å²) in [6.45, 7) is 0.181. The average molecular weight is 1480 g/mol. The molecule has 17 aromatic rings. The Morgan fingerprint density at radius 2 is 0.544 bits per heavy atom. The molecule has 0 saturated heterocycles. The predicted molar refractivity (Wildman–Crippen MR) is 438 cm³/mol. The molecule has 17 rings (SSSR count). The smallest absolute Gasteiger partial charge is 0.338 e. The lowest BCUT2D eigenvalue weighted by Gasteiger charge is -2.16. The van der Waals surface area contributed by atoms with Crippen molar-refractivity contribution >= 4 is 67.5 Å². The number of hydrogen-bond acceptors (Lipinski definition) is 14. The molecule has 0 atom stereocenters. The van der Waals surface area contributed by atoms with E-state index in [0.717, 1.165) is 33.4 Å². The third kappa shape index (κ3) is 14.8. The molecular weight excluding hydrogens is 1420 g/mol. The van der Waals surface area contributed by atoms with Crippen LogP contribution in [0.4, 0.5) is 0 Å². The van der Waals surface area contributed by atoms with E-state index in [1.54, 1.807) is 72.8 Å². The number of hydrogen-bond donors (Lipinski definition) is 0. The van der Waals surface area contributed by atoms with Crippen molar-refractivity contribution in [3.05, 3.63) is 389 Å². The van der Waals surface area contributed by atoms with Gasteiger partial charge >= 0.3 is 23.9 Å². The van der Waals surface area contributed by atoms with Crippen LogP contribution in [0.1, 0.15) is 80.4 Å². The molecule has 0 N–H and O–H groups in total. The van der Waals surface area contributed by atoms with Crippen LogP contribution in [0, 0.1) is 34.0 Å². The zero-order valence-electron chi connectivity index (χ0n) is 60.8. The zero-order chi connectivity index (χ0) is 77.6. The molecule has 3 aromatic heterocycles. The van der Waals surface area contributed by atoms with Gasteiger partial charge in [0, 0.05) is 49.6 Å². The van der Waals surface area contributed by atoms with Gasteiger partial charge in [-0.25, -0.2) is 34.1 Å². The highest BCUT2D eigenvalue weighted by atomic mass is 16.5. The van der Waals surface area contributed by atoms with Gasteiger partial charge in [0.25, 0.3) is 0 Å². The molecule has 0 unspecified atom stereocenters. The fourth-order valence-electron chi connectivity index (χ4n) is 14.3. The minimum Gasteiger partial charge on any atom is -0.457 e. The number of carbonyl (C=O) groups excluding carboxylic acids is 4. The SMILES string of the molecule is N#Cc1ccc(-c2ccc(-c3nc(-c4cc(-c5cccc(C#N)c5)cc(-n5c6ccc(C(=O)OCc7ccccc7)cc6c6cc(C(=O)OCc7ccccc7)ccc65)c4)nc(-c4cc(-c5cccc(C#N)c5)cc(-n5c6ccc(C(=O)OCc7ccccc7)cc6c6cc(C(=O)OCc7ccccc7)ccc65)c4)n3)cc2)cc1. The summed E-state index contributed by atoms with van der Waals surface area (Å²) in [5.74, 6) is -1.40. The Balaban J connectivity index is 0.868. The molecule has 0 aliphatic heterocycles. The summed E-state index contributed by atoms with van der Waals surface area (Å²) >= 11 is 0. The summed E-state index contributed by atoms with van der Waals surface area (Å²) in [5.41, 5.74) is 15.9. The molecule has 0 amide bonds. The Hall–Kier alpha value is -16.0. The molecule has 0 spiro atoms. The molecule has 16 heteroatoms. The summed E-state index contributed by atoms with van der Waals surface area (Å²) in [6, 6.07) is 108. The van der Waals surface area contributed by atoms with Crippen molar-refractivity contribution in [2.45, 2.75) is 26.4 Å². The number of nitrogens with zero attached hydrogens (tertiary/aromatic N) is 8. The highest BCUT2D eigenvalue weighted by Gasteiger charge is 2.25. The van der Waals surface area contributed by atoms with Crippen LogP contribution in [-0.2, 0) is 45.4 Å². The van der Waals surface area contributed by atoms with E-state index in [1.165, 1.54) is 0 Å². The summed E-state index contributed by atoms with van der Waals surface area (Å²) in [6.07, 6.45) is 0. The second-order valence-electron chi connectivity index (χ2n) is 27.3. The first-order valence-electron chi connectivity index (χ1n) is 36.7. The van der Waals surface area contributed by atoms with Gasteiger partial charge in [-0.2, -0.15) is 15.8 Å². The molecule has 0 radical (unpaired) electrons. The number of esters is 4. The van der Waals surface area contributed by atoms with Crippen LogP contribution in [0.25, 0.3) is 123 Å². The second kappa shape index (κ2) is 31.3. The lowest BCUT2D eigenvalue weighted by molar-refractivity contribution is 0.0464. The first-order chi connectivity index (χ1) is 55.9. The number of rotatable bonds is 20. The average Bonchev–Trinajstić information content (AvgIpc) is 1.58. The summed E-state index contributed by atoms with van der Waals surface area (Å²) < 4.78 is 27.8. The predicted octanol–water partition coefficient (Wildman–Crippen LogP) is 21.1. The number of benzene rings is 14. The van der Waals surface area contributed by atoms with E-state index in [9.17, 15) is 35.0 Å². The maximum Gasteiger partial charge on any atom is 0.338 e. The Kier molecular flexibility index (Phi) is 19.5. The van der Waals surface area contributed by atoms with Crippen molar-refractivity contribution in [1.82, 2.24) is 24.1 Å². The highest BCUT2D eigenvalue weighted by molar-refractivity contribution is 6.15. The fourth-order valence-corrected chi connectivity index (χ4v) is 14.3. The molecule has 16 nitrogen and oxygen atoms in total. The minimum absolute atomic E-state index is 0.0453. The van der Waals surface area contributed by atoms with E-state index in [1.807, 2.05) is 255 Å². The van der Waals surface area contributed by atoms with Gasteiger partial charge in [0.2, 0.25) is 0 Å². The molecular formula is C98H62N8O8. The molecule has 0 saturated carbocycles. The van der Waals surface area contributed by atoms with Gasteiger partial charge in [-0.15, -0.1) is 0 Å². The van der Waals surface area contributed by atoms with E-state index < -0.39 is 23.9 Å². The molecule has 542 valence electrons. The zero-order valence-corrected chi connectivity index (χ0v) is 60.8. The van der Waals surface area contributed by atoms with Gasteiger partial charge in [0.15, 0.2) is 17.5 Å².